The van der Waals surface area contributed by atoms with Gasteiger partial charge in [0.25, 0.3) is 5.91 Å². The number of anilines is 1. The molecule has 1 aliphatic carbocycles. The first-order chi connectivity index (χ1) is 14.7. The van der Waals surface area contributed by atoms with Crippen molar-refractivity contribution in [1.29, 1.82) is 0 Å². The molecule has 30 heavy (non-hydrogen) atoms. The summed E-state index contributed by atoms with van der Waals surface area (Å²) < 4.78 is 5.97. The molecule has 2 aliphatic rings. The van der Waals surface area contributed by atoms with Crippen molar-refractivity contribution >= 4 is 28.7 Å². The molecule has 2 aromatic carbocycles. The van der Waals surface area contributed by atoms with Crippen LogP contribution in [0, 0.1) is 0 Å². The molecule has 1 saturated heterocycles. The lowest BCUT2D eigenvalue weighted by atomic mass is 10.0. The summed E-state index contributed by atoms with van der Waals surface area (Å²) in [6.45, 7) is 0.655. The number of oxazole rings is 1. The van der Waals surface area contributed by atoms with Crippen molar-refractivity contribution in [3.05, 3.63) is 60.0 Å². The molecule has 2 fully saturated rings. The fourth-order valence-corrected chi connectivity index (χ4v) is 3.94. The summed E-state index contributed by atoms with van der Waals surface area (Å²) in [6, 6.07) is 14.6. The molecule has 7 nitrogen and oxygen atoms in total. The second-order valence-corrected chi connectivity index (χ2v) is 7.98. The summed E-state index contributed by atoms with van der Waals surface area (Å²) in [5.74, 6) is 0.510. The highest BCUT2D eigenvalue weighted by molar-refractivity contribution is 5.97. The summed E-state index contributed by atoms with van der Waals surface area (Å²) in [6.07, 6.45) is 4.84. The van der Waals surface area contributed by atoms with Crippen molar-refractivity contribution in [3.8, 4) is 0 Å². The molecule has 7 heteroatoms. The number of carbonyl (C=O) groups excluding carboxylic acids is 2. The minimum absolute atomic E-state index is 0.0757. The van der Waals surface area contributed by atoms with Gasteiger partial charge in [0.15, 0.2) is 5.58 Å². The number of carbonyl (C=O) groups is 2. The lowest BCUT2D eigenvalue weighted by Crippen LogP contribution is -2.38. The molecule has 1 saturated carbocycles. The van der Waals surface area contributed by atoms with Gasteiger partial charge in [-0.3, -0.25) is 4.79 Å². The summed E-state index contributed by atoms with van der Waals surface area (Å²) in [4.78, 5) is 31.9. The molecule has 3 amide bonds. The van der Waals surface area contributed by atoms with Gasteiger partial charge in [-0.05, 0) is 62.4 Å². The highest BCUT2D eigenvalue weighted by atomic mass is 16.3. The van der Waals surface area contributed by atoms with Gasteiger partial charge >= 0.3 is 6.03 Å². The van der Waals surface area contributed by atoms with Gasteiger partial charge in [-0.2, -0.15) is 0 Å². The van der Waals surface area contributed by atoms with Crippen LogP contribution in [0.3, 0.4) is 0 Å². The van der Waals surface area contributed by atoms with Gasteiger partial charge in [-0.25, -0.2) is 9.78 Å². The molecule has 1 unspecified atom stereocenters. The molecular formula is C23H24N4O3. The van der Waals surface area contributed by atoms with Crippen molar-refractivity contribution in [1.82, 2.24) is 15.2 Å². The molecular weight excluding hydrogens is 380 g/mol. The van der Waals surface area contributed by atoms with Gasteiger partial charge in [-0.1, -0.05) is 18.2 Å². The van der Waals surface area contributed by atoms with Crippen LogP contribution < -0.4 is 10.6 Å². The molecule has 1 aromatic heterocycles. The van der Waals surface area contributed by atoms with Crippen LogP contribution in [0.4, 0.5) is 10.5 Å². The molecule has 5 rings (SSSR count). The first-order valence-electron chi connectivity index (χ1n) is 10.5. The van der Waals surface area contributed by atoms with Gasteiger partial charge in [-0.15, -0.1) is 0 Å². The van der Waals surface area contributed by atoms with Crippen LogP contribution in [0.25, 0.3) is 11.1 Å². The fourth-order valence-electron chi connectivity index (χ4n) is 3.94. The Morgan fingerprint density at radius 3 is 2.73 bits per heavy atom. The Hall–Kier alpha value is -3.35. The third kappa shape index (κ3) is 3.87. The number of hydrogen-bond donors (Lipinski definition) is 2. The summed E-state index contributed by atoms with van der Waals surface area (Å²) in [7, 11) is 0. The van der Waals surface area contributed by atoms with E-state index in [9.17, 15) is 9.59 Å². The third-order valence-electron chi connectivity index (χ3n) is 5.64. The quantitative estimate of drug-likeness (QED) is 0.671. The van der Waals surface area contributed by atoms with Crippen LogP contribution in [0.15, 0.2) is 52.9 Å². The number of aromatic nitrogens is 1. The topological polar surface area (TPSA) is 87.5 Å². The van der Waals surface area contributed by atoms with Crippen molar-refractivity contribution in [2.24, 2.45) is 0 Å². The molecule has 154 valence electrons. The van der Waals surface area contributed by atoms with E-state index in [-0.39, 0.29) is 24.0 Å². The van der Waals surface area contributed by atoms with E-state index in [1.165, 1.54) is 0 Å². The van der Waals surface area contributed by atoms with Crippen molar-refractivity contribution < 1.29 is 14.0 Å². The zero-order chi connectivity index (χ0) is 20.5. The minimum atomic E-state index is -0.232. The molecule has 2 N–H and O–H groups in total. The molecule has 3 aromatic rings. The lowest BCUT2D eigenvalue weighted by Gasteiger charge is -2.33. The minimum Gasteiger partial charge on any atom is -0.438 e. The standard InChI is InChI=1S/C23H24N4O3/c28-22(15-6-5-7-17(14-15)25-23(29)24-16-11-12-16)27-13-4-3-9-19(27)21-26-18-8-1-2-10-20(18)30-21/h1-2,5-8,10,14,16,19H,3-4,9,11-13H2,(H2,24,25,29). The van der Waals surface area contributed by atoms with Crippen molar-refractivity contribution in [3.63, 3.8) is 0 Å². The van der Waals surface area contributed by atoms with E-state index in [4.69, 9.17) is 4.42 Å². The van der Waals surface area contributed by atoms with Crippen LogP contribution in [0.5, 0.6) is 0 Å². The molecule has 0 bridgehead atoms. The Kier molecular flexibility index (Phi) is 4.86. The van der Waals surface area contributed by atoms with Gasteiger partial charge in [0, 0.05) is 23.8 Å². The number of amides is 3. The normalized spacial score (nSPS) is 18.9. The predicted molar refractivity (Wildman–Crippen MR) is 113 cm³/mol. The van der Waals surface area contributed by atoms with E-state index < -0.39 is 0 Å². The maximum absolute atomic E-state index is 13.4. The number of rotatable bonds is 4. The zero-order valence-electron chi connectivity index (χ0n) is 16.6. The van der Waals surface area contributed by atoms with Crippen LogP contribution in [-0.4, -0.2) is 34.4 Å². The average molecular weight is 404 g/mol. The number of urea groups is 1. The highest BCUT2D eigenvalue weighted by Crippen LogP contribution is 2.33. The lowest BCUT2D eigenvalue weighted by molar-refractivity contribution is 0.0574. The van der Waals surface area contributed by atoms with Crippen LogP contribution in [-0.2, 0) is 0 Å². The number of hydrogen-bond acceptors (Lipinski definition) is 4. The first kappa shape index (κ1) is 18.7. The SMILES string of the molecule is O=C(Nc1cccc(C(=O)N2CCCCC2c2nc3ccccc3o2)c1)NC1CC1. The average Bonchev–Trinajstić information content (AvgIpc) is 3.47. The monoisotopic (exact) mass is 404 g/mol. The summed E-state index contributed by atoms with van der Waals surface area (Å²) in [5.41, 5.74) is 2.69. The Morgan fingerprint density at radius 2 is 1.90 bits per heavy atom. The second-order valence-electron chi connectivity index (χ2n) is 7.98. The Balaban J connectivity index is 1.36. The van der Waals surface area contributed by atoms with E-state index in [0.29, 0.717) is 23.7 Å². The Morgan fingerprint density at radius 1 is 1.03 bits per heavy atom. The molecule has 1 aliphatic heterocycles. The predicted octanol–water partition coefficient (Wildman–Crippen LogP) is 4.48. The van der Waals surface area contributed by atoms with E-state index in [1.807, 2.05) is 29.2 Å². The highest BCUT2D eigenvalue weighted by Gasteiger charge is 2.32. The zero-order valence-corrected chi connectivity index (χ0v) is 16.6. The van der Waals surface area contributed by atoms with Crippen molar-refractivity contribution in [2.45, 2.75) is 44.2 Å². The third-order valence-corrected chi connectivity index (χ3v) is 5.64. The number of likely N-dealkylation sites (tertiary alicyclic amines) is 1. The molecule has 0 radical (unpaired) electrons. The number of nitrogens with one attached hydrogen (secondary N) is 2. The molecule has 1 atom stereocenters. The number of fused-ring (bicyclic) bond motifs is 1. The second kappa shape index (κ2) is 7.82. The fraction of sp³-hybridized carbons (Fsp3) is 0.348. The van der Waals surface area contributed by atoms with Gasteiger partial charge < -0.3 is 20.0 Å². The summed E-state index contributed by atoms with van der Waals surface area (Å²) >= 11 is 0. The summed E-state index contributed by atoms with van der Waals surface area (Å²) in [5, 5.41) is 5.71. The van der Waals surface area contributed by atoms with Gasteiger partial charge in [0.05, 0.1) is 0 Å². The largest absolute Gasteiger partial charge is 0.438 e. The van der Waals surface area contributed by atoms with Crippen LogP contribution >= 0.6 is 0 Å². The van der Waals surface area contributed by atoms with Gasteiger partial charge in [0.1, 0.15) is 11.6 Å². The first-order valence-corrected chi connectivity index (χ1v) is 10.5. The maximum atomic E-state index is 13.4. The van der Waals surface area contributed by atoms with Crippen molar-refractivity contribution in [2.75, 3.05) is 11.9 Å². The molecule has 0 spiro atoms. The number of piperidine rings is 1. The Bertz CT molecular complexity index is 1060. The van der Waals surface area contributed by atoms with E-state index in [1.54, 1.807) is 24.3 Å². The number of nitrogens with zero attached hydrogens (tertiary/aromatic N) is 2. The Labute approximate surface area is 174 Å². The smallest absolute Gasteiger partial charge is 0.319 e. The van der Waals surface area contributed by atoms with Gasteiger partial charge in [0.2, 0.25) is 5.89 Å². The maximum Gasteiger partial charge on any atom is 0.319 e. The van der Waals surface area contributed by atoms with Crippen LogP contribution in [0.1, 0.15) is 54.4 Å². The molecule has 2 heterocycles. The van der Waals surface area contributed by atoms with E-state index in [0.717, 1.165) is 43.2 Å². The number of benzene rings is 2. The van der Waals surface area contributed by atoms with E-state index >= 15 is 0 Å². The van der Waals surface area contributed by atoms with E-state index in [2.05, 4.69) is 15.6 Å². The number of para-hydroxylation sites is 2. The van der Waals surface area contributed by atoms with Crippen LogP contribution in [0.2, 0.25) is 0 Å².